The van der Waals surface area contributed by atoms with Gasteiger partial charge in [0, 0.05) is 24.6 Å². The first-order chi connectivity index (χ1) is 10.2. The van der Waals surface area contributed by atoms with Crippen molar-refractivity contribution in [3.63, 3.8) is 0 Å². The van der Waals surface area contributed by atoms with E-state index in [4.69, 9.17) is 9.47 Å². The van der Waals surface area contributed by atoms with Crippen LogP contribution in [0.5, 0.6) is 11.5 Å². The molecule has 1 amide bonds. The molecule has 2 heterocycles. The van der Waals surface area contributed by atoms with Crippen LogP contribution in [0.2, 0.25) is 0 Å². The molecule has 0 saturated carbocycles. The number of halogens is 1. The van der Waals surface area contributed by atoms with E-state index in [1.807, 2.05) is 26.0 Å². The molecule has 5 nitrogen and oxygen atoms in total. The monoisotopic (exact) mass is 326 g/mol. The number of fused-ring (bicyclic) bond motifs is 1. The molecule has 1 fully saturated rings. The van der Waals surface area contributed by atoms with Gasteiger partial charge in [-0.05, 0) is 32.9 Å². The smallest absolute Gasteiger partial charge is 0.228 e. The van der Waals surface area contributed by atoms with Crippen molar-refractivity contribution >= 4 is 24.0 Å². The van der Waals surface area contributed by atoms with Crippen molar-refractivity contribution in [2.45, 2.75) is 32.8 Å². The van der Waals surface area contributed by atoms with E-state index in [2.05, 4.69) is 10.6 Å². The Morgan fingerprint density at radius 2 is 2.32 bits per heavy atom. The van der Waals surface area contributed by atoms with Crippen molar-refractivity contribution < 1.29 is 14.3 Å². The average molecular weight is 327 g/mol. The molecule has 0 bridgehead atoms. The van der Waals surface area contributed by atoms with Crippen molar-refractivity contribution in [3.8, 4) is 11.5 Å². The molecular formula is C16H23ClN2O3. The summed E-state index contributed by atoms with van der Waals surface area (Å²) < 4.78 is 11.4. The van der Waals surface area contributed by atoms with Crippen LogP contribution >= 0.6 is 12.4 Å². The largest absolute Gasteiger partial charge is 0.492 e. The SMILES string of the molecule is CCOc1cc2c(cc1NC(=O)C1CCNC1)OC(C)C2.Cl. The maximum atomic E-state index is 12.3. The highest BCUT2D eigenvalue weighted by Crippen LogP contribution is 2.38. The molecule has 2 atom stereocenters. The predicted molar refractivity (Wildman–Crippen MR) is 88.3 cm³/mol. The molecule has 1 aromatic carbocycles. The van der Waals surface area contributed by atoms with Crippen molar-refractivity contribution in [2.75, 3.05) is 25.0 Å². The highest BCUT2D eigenvalue weighted by molar-refractivity contribution is 5.94. The molecule has 0 radical (unpaired) electrons. The van der Waals surface area contributed by atoms with E-state index < -0.39 is 0 Å². The molecule has 2 aliphatic heterocycles. The number of carbonyl (C=O) groups excluding carboxylic acids is 1. The Morgan fingerprint density at radius 3 is 3.00 bits per heavy atom. The second-order valence-corrected chi connectivity index (χ2v) is 5.70. The quantitative estimate of drug-likeness (QED) is 0.892. The summed E-state index contributed by atoms with van der Waals surface area (Å²) >= 11 is 0. The zero-order chi connectivity index (χ0) is 14.8. The molecule has 2 aliphatic rings. The van der Waals surface area contributed by atoms with Crippen LogP contribution in [-0.2, 0) is 11.2 Å². The Morgan fingerprint density at radius 1 is 1.50 bits per heavy atom. The summed E-state index contributed by atoms with van der Waals surface area (Å²) in [4.78, 5) is 12.3. The van der Waals surface area contributed by atoms with Crippen molar-refractivity contribution in [1.29, 1.82) is 0 Å². The van der Waals surface area contributed by atoms with Gasteiger partial charge in [-0.25, -0.2) is 0 Å². The van der Waals surface area contributed by atoms with Crippen molar-refractivity contribution in [2.24, 2.45) is 5.92 Å². The van der Waals surface area contributed by atoms with Gasteiger partial charge in [-0.15, -0.1) is 12.4 Å². The summed E-state index contributed by atoms with van der Waals surface area (Å²) in [5.74, 6) is 1.67. The Hall–Kier alpha value is -1.46. The van der Waals surface area contributed by atoms with Gasteiger partial charge in [-0.3, -0.25) is 4.79 Å². The van der Waals surface area contributed by atoms with Gasteiger partial charge in [-0.1, -0.05) is 0 Å². The first kappa shape index (κ1) is 16.9. The third kappa shape index (κ3) is 3.47. The fourth-order valence-electron chi connectivity index (χ4n) is 2.93. The van der Waals surface area contributed by atoms with Gasteiger partial charge in [0.1, 0.15) is 17.6 Å². The molecule has 0 aromatic heterocycles. The second kappa shape index (κ2) is 7.20. The molecule has 6 heteroatoms. The zero-order valence-corrected chi connectivity index (χ0v) is 13.8. The van der Waals surface area contributed by atoms with Crippen molar-refractivity contribution in [1.82, 2.24) is 5.32 Å². The van der Waals surface area contributed by atoms with Gasteiger partial charge in [0.05, 0.1) is 18.2 Å². The number of ether oxygens (including phenoxy) is 2. The number of rotatable bonds is 4. The van der Waals surface area contributed by atoms with Crippen LogP contribution in [0, 0.1) is 5.92 Å². The van der Waals surface area contributed by atoms with Gasteiger partial charge < -0.3 is 20.1 Å². The van der Waals surface area contributed by atoms with Crippen LogP contribution in [0.1, 0.15) is 25.8 Å². The molecular weight excluding hydrogens is 304 g/mol. The van der Waals surface area contributed by atoms with Gasteiger partial charge in [0.2, 0.25) is 5.91 Å². The van der Waals surface area contributed by atoms with E-state index in [9.17, 15) is 4.79 Å². The number of hydrogen-bond acceptors (Lipinski definition) is 4. The number of benzene rings is 1. The van der Waals surface area contributed by atoms with Crippen LogP contribution in [0.15, 0.2) is 12.1 Å². The third-order valence-electron chi connectivity index (χ3n) is 3.99. The summed E-state index contributed by atoms with van der Waals surface area (Å²) in [6, 6.07) is 3.88. The molecule has 1 aromatic rings. The lowest BCUT2D eigenvalue weighted by Gasteiger charge is -2.15. The molecule has 2 unspecified atom stereocenters. The normalized spacial score (nSPS) is 22.5. The summed E-state index contributed by atoms with van der Waals surface area (Å²) in [6.07, 6.45) is 1.95. The Bertz CT molecular complexity index is 544. The molecule has 0 spiro atoms. The minimum absolute atomic E-state index is 0. The highest BCUT2D eigenvalue weighted by atomic mass is 35.5. The van der Waals surface area contributed by atoms with Gasteiger partial charge in [-0.2, -0.15) is 0 Å². The average Bonchev–Trinajstić information content (AvgIpc) is 3.07. The van der Waals surface area contributed by atoms with E-state index in [-0.39, 0.29) is 30.3 Å². The van der Waals surface area contributed by atoms with E-state index in [0.29, 0.717) is 12.3 Å². The van der Waals surface area contributed by atoms with E-state index >= 15 is 0 Å². The molecule has 3 rings (SSSR count). The summed E-state index contributed by atoms with van der Waals surface area (Å²) in [5.41, 5.74) is 1.85. The van der Waals surface area contributed by atoms with Crippen LogP contribution in [0.25, 0.3) is 0 Å². The summed E-state index contributed by atoms with van der Waals surface area (Å²) in [6.45, 7) is 6.21. The number of amides is 1. The molecule has 0 aliphatic carbocycles. The third-order valence-corrected chi connectivity index (χ3v) is 3.99. The van der Waals surface area contributed by atoms with Crippen LogP contribution < -0.4 is 20.1 Å². The highest BCUT2D eigenvalue weighted by Gasteiger charge is 2.26. The van der Waals surface area contributed by atoms with Crippen molar-refractivity contribution in [3.05, 3.63) is 17.7 Å². The van der Waals surface area contributed by atoms with Gasteiger partial charge in [0.25, 0.3) is 0 Å². The maximum Gasteiger partial charge on any atom is 0.228 e. The minimum Gasteiger partial charge on any atom is -0.492 e. The minimum atomic E-state index is 0. The standard InChI is InChI=1S/C16H22N2O3.ClH/c1-3-20-15-7-12-6-10(2)21-14(12)8-13(15)18-16(19)11-4-5-17-9-11;/h7-8,10-11,17H,3-6,9H2,1-2H3,(H,18,19);1H. The van der Waals surface area contributed by atoms with Crippen LogP contribution in [-0.4, -0.2) is 31.7 Å². The summed E-state index contributed by atoms with van der Waals surface area (Å²) in [7, 11) is 0. The number of nitrogens with one attached hydrogen (secondary N) is 2. The lowest BCUT2D eigenvalue weighted by Crippen LogP contribution is -2.24. The van der Waals surface area contributed by atoms with Gasteiger partial charge >= 0.3 is 0 Å². The van der Waals surface area contributed by atoms with E-state index in [0.717, 1.165) is 43.0 Å². The summed E-state index contributed by atoms with van der Waals surface area (Å²) in [5, 5.41) is 6.21. The molecule has 122 valence electrons. The lowest BCUT2D eigenvalue weighted by atomic mass is 10.1. The van der Waals surface area contributed by atoms with E-state index in [1.54, 1.807) is 0 Å². The number of anilines is 1. The van der Waals surface area contributed by atoms with Crippen LogP contribution in [0.3, 0.4) is 0 Å². The fraction of sp³-hybridized carbons (Fsp3) is 0.562. The fourth-order valence-corrected chi connectivity index (χ4v) is 2.93. The predicted octanol–water partition coefficient (Wildman–Crippen LogP) is 2.38. The number of hydrogen-bond donors (Lipinski definition) is 2. The molecule has 22 heavy (non-hydrogen) atoms. The number of carbonyl (C=O) groups is 1. The molecule has 1 saturated heterocycles. The van der Waals surface area contributed by atoms with Crippen LogP contribution in [0.4, 0.5) is 5.69 Å². The first-order valence-corrected chi connectivity index (χ1v) is 7.65. The Balaban J connectivity index is 0.00000176. The Labute approximate surface area is 137 Å². The van der Waals surface area contributed by atoms with Gasteiger partial charge in [0.15, 0.2) is 0 Å². The second-order valence-electron chi connectivity index (χ2n) is 5.70. The topological polar surface area (TPSA) is 59.6 Å². The van der Waals surface area contributed by atoms with E-state index in [1.165, 1.54) is 0 Å². The maximum absolute atomic E-state index is 12.3. The zero-order valence-electron chi connectivity index (χ0n) is 13.0. The molecule has 2 N–H and O–H groups in total. The Kier molecular flexibility index (Phi) is 5.53. The lowest BCUT2D eigenvalue weighted by molar-refractivity contribution is -0.119. The first-order valence-electron chi connectivity index (χ1n) is 7.65.